The summed E-state index contributed by atoms with van der Waals surface area (Å²) in [6.45, 7) is 4.34. The van der Waals surface area contributed by atoms with Crippen molar-refractivity contribution >= 4 is 5.65 Å². The molecule has 34 heavy (non-hydrogen) atoms. The summed E-state index contributed by atoms with van der Waals surface area (Å²) in [7, 11) is 0. The summed E-state index contributed by atoms with van der Waals surface area (Å²) in [5, 5.41) is 14.6. The summed E-state index contributed by atoms with van der Waals surface area (Å²) in [6.07, 6.45) is 1.60. The van der Waals surface area contributed by atoms with Crippen molar-refractivity contribution in [3.8, 4) is 23.1 Å². The van der Waals surface area contributed by atoms with E-state index in [1.165, 1.54) is 5.56 Å². The lowest BCUT2D eigenvalue weighted by atomic mass is 9.84. The quantitative estimate of drug-likeness (QED) is 0.392. The standard InChI is InChI=1S/C27H22N4O3/c1-16-7-6-10-21(17(16)2)33-14-23-29-26-25-24(18-8-4-3-5-9-18)20-12-11-19(32)13-22(20)34-27(25)28-15-31(26)30-23/h3-13,15,24,32H,14H2,1-2H3. The van der Waals surface area contributed by atoms with E-state index in [1.54, 1.807) is 23.0 Å². The van der Waals surface area contributed by atoms with Gasteiger partial charge >= 0.3 is 0 Å². The number of phenols is 1. The number of phenolic OH excluding ortho intramolecular Hbond substituents is 1. The van der Waals surface area contributed by atoms with E-state index in [4.69, 9.17) is 14.5 Å². The van der Waals surface area contributed by atoms with Gasteiger partial charge in [0.15, 0.2) is 11.5 Å². The second-order valence-corrected chi connectivity index (χ2v) is 8.41. The van der Waals surface area contributed by atoms with E-state index in [0.29, 0.717) is 23.1 Å². The average Bonchev–Trinajstić information content (AvgIpc) is 3.27. The number of ether oxygens (including phenoxy) is 2. The third kappa shape index (κ3) is 3.33. The van der Waals surface area contributed by atoms with Crippen LogP contribution < -0.4 is 9.47 Å². The Kier molecular flexibility index (Phi) is 4.69. The monoisotopic (exact) mass is 450 g/mol. The number of fused-ring (bicyclic) bond motifs is 4. The Labute approximate surface area is 196 Å². The predicted octanol–water partition coefficient (Wildman–Crippen LogP) is 5.31. The first-order valence-electron chi connectivity index (χ1n) is 11.1. The summed E-state index contributed by atoms with van der Waals surface area (Å²) in [5.41, 5.74) is 5.77. The average molecular weight is 450 g/mol. The Bertz CT molecular complexity index is 1530. The summed E-state index contributed by atoms with van der Waals surface area (Å²) >= 11 is 0. The summed E-state index contributed by atoms with van der Waals surface area (Å²) in [6, 6.07) is 21.3. The maximum atomic E-state index is 10.0. The van der Waals surface area contributed by atoms with Crippen LogP contribution in [0.15, 0.2) is 73.1 Å². The van der Waals surface area contributed by atoms with Crippen molar-refractivity contribution in [2.24, 2.45) is 0 Å². The molecule has 0 fully saturated rings. The van der Waals surface area contributed by atoms with Crippen LogP contribution in [0.2, 0.25) is 0 Å². The predicted molar refractivity (Wildman–Crippen MR) is 127 cm³/mol. The largest absolute Gasteiger partial charge is 0.508 e. The van der Waals surface area contributed by atoms with Gasteiger partial charge in [-0.05, 0) is 42.7 Å². The highest BCUT2D eigenvalue weighted by Crippen LogP contribution is 2.48. The van der Waals surface area contributed by atoms with E-state index in [0.717, 1.165) is 28.0 Å². The number of hydrogen-bond acceptors (Lipinski definition) is 6. The molecule has 1 aliphatic heterocycles. The lowest BCUT2D eigenvalue weighted by Crippen LogP contribution is -2.14. The fourth-order valence-electron chi connectivity index (χ4n) is 4.42. The molecule has 3 aromatic carbocycles. The smallest absolute Gasteiger partial charge is 0.228 e. The van der Waals surface area contributed by atoms with Gasteiger partial charge in [-0.15, -0.1) is 5.10 Å². The van der Waals surface area contributed by atoms with Crippen LogP contribution in [-0.2, 0) is 6.61 Å². The Morgan fingerprint density at radius 3 is 2.74 bits per heavy atom. The van der Waals surface area contributed by atoms with Crippen molar-refractivity contribution in [2.45, 2.75) is 26.4 Å². The third-order valence-corrected chi connectivity index (χ3v) is 6.28. The van der Waals surface area contributed by atoms with E-state index < -0.39 is 0 Å². The van der Waals surface area contributed by atoms with Gasteiger partial charge in [-0.1, -0.05) is 48.5 Å². The highest BCUT2D eigenvalue weighted by atomic mass is 16.5. The molecule has 168 valence electrons. The van der Waals surface area contributed by atoms with E-state index in [-0.39, 0.29) is 18.3 Å². The molecule has 1 aliphatic rings. The highest BCUT2D eigenvalue weighted by molar-refractivity contribution is 5.66. The van der Waals surface area contributed by atoms with Crippen LogP contribution in [0.3, 0.4) is 0 Å². The van der Waals surface area contributed by atoms with E-state index in [1.807, 2.05) is 43.3 Å². The number of hydrogen-bond donors (Lipinski definition) is 1. The molecule has 7 heteroatoms. The molecule has 0 radical (unpaired) electrons. The second kappa shape index (κ2) is 7.88. The van der Waals surface area contributed by atoms with Crippen LogP contribution >= 0.6 is 0 Å². The van der Waals surface area contributed by atoms with Crippen molar-refractivity contribution in [3.05, 3.63) is 107 Å². The van der Waals surface area contributed by atoms with E-state index in [9.17, 15) is 5.11 Å². The highest BCUT2D eigenvalue weighted by Gasteiger charge is 2.33. The normalized spacial score (nSPS) is 14.4. The summed E-state index contributed by atoms with van der Waals surface area (Å²) in [5.74, 6) is 2.37. The van der Waals surface area contributed by atoms with Gasteiger partial charge in [0.25, 0.3) is 0 Å². The van der Waals surface area contributed by atoms with Crippen molar-refractivity contribution in [1.82, 2.24) is 19.6 Å². The number of benzene rings is 3. The number of rotatable bonds is 4. The fourth-order valence-corrected chi connectivity index (χ4v) is 4.42. The minimum atomic E-state index is -0.172. The van der Waals surface area contributed by atoms with Gasteiger partial charge in [-0.3, -0.25) is 0 Å². The third-order valence-electron chi connectivity index (χ3n) is 6.28. The second-order valence-electron chi connectivity index (χ2n) is 8.41. The Morgan fingerprint density at radius 1 is 1.03 bits per heavy atom. The topological polar surface area (TPSA) is 81.8 Å². The maximum absolute atomic E-state index is 10.0. The molecular formula is C27H22N4O3. The summed E-state index contributed by atoms with van der Waals surface area (Å²) in [4.78, 5) is 9.34. The zero-order valence-corrected chi connectivity index (χ0v) is 18.8. The Morgan fingerprint density at radius 2 is 1.88 bits per heavy atom. The summed E-state index contributed by atoms with van der Waals surface area (Å²) < 4.78 is 13.8. The molecule has 0 spiro atoms. The molecule has 5 aromatic rings. The molecule has 0 bridgehead atoms. The molecular weight excluding hydrogens is 428 g/mol. The van der Waals surface area contributed by atoms with Gasteiger partial charge in [0.1, 0.15) is 30.2 Å². The molecule has 1 atom stereocenters. The number of aromatic hydroxyl groups is 1. The first-order chi connectivity index (χ1) is 16.6. The molecule has 0 saturated carbocycles. The van der Waals surface area contributed by atoms with Gasteiger partial charge in [0.05, 0.1) is 5.56 Å². The van der Waals surface area contributed by atoms with E-state index in [2.05, 4.69) is 35.2 Å². The van der Waals surface area contributed by atoms with Crippen LogP contribution in [-0.4, -0.2) is 24.7 Å². The molecule has 3 heterocycles. The number of aromatic nitrogens is 4. The van der Waals surface area contributed by atoms with Crippen LogP contribution in [0, 0.1) is 13.8 Å². The van der Waals surface area contributed by atoms with Gasteiger partial charge in [-0.25, -0.2) is 14.5 Å². The van der Waals surface area contributed by atoms with E-state index >= 15 is 0 Å². The number of nitrogens with zero attached hydrogens (tertiary/aromatic N) is 4. The van der Waals surface area contributed by atoms with Crippen LogP contribution in [0.25, 0.3) is 5.65 Å². The minimum absolute atomic E-state index is 0.142. The zero-order chi connectivity index (χ0) is 23.2. The van der Waals surface area contributed by atoms with Crippen molar-refractivity contribution in [3.63, 3.8) is 0 Å². The lowest BCUT2D eigenvalue weighted by molar-refractivity contribution is 0.294. The Hall–Kier alpha value is -4.39. The first kappa shape index (κ1) is 20.2. The maximum Gasteiger partial charge on any atom is 0.228 e. The van der Waals surface area contributed by atoms with Gasteiger partial charge < -0.3 is 14.6 Å². The molecule has 0 aliphatic carbocycles. The molecule has 7 nitrogen and oxygen atoms in total. The number of aryl methyl sites for hydroxylation is 1. The van der Waals surface area contributed by atoms with Crippen molar-refractivity contribution in [2.75, 3.05) is 0 Å². The van der Waals surface area contributed by atoms with Gasteiger partial charge in [0.2, 0.25) is 5.88 Å². The van der Waals surface area contributed by atoms with Crippen molar-refractivity contribution < 1.29 is 14.6 Å². The zero-order valence-electron chi connectivity index (χ0n) is 18.8. The van der Waals surface area contributed by atoms with Gasteiger partial charge in [0, 0.05) is 17.5 Å². The SMILES string of the molecule is Cc1cccc(OCc2nc3c4c(ncn3n2)Oc2cc(O)ccc2C4c2ccccc2)c1C. The van der Waals surface area contributed by atoms with Crippen molar-refractivity contribution in [1.29, 1.82) is 0 Å². The molecule has 0 saturated heterocycles. The van der Waals surface area contributed by atoms with Crippen LogP contribution in [0.1, 0.15) is 39.6 Å². The fraction of sp³-hybridized carbons (Fsp3) is 0.148. The lowest BCUT2D eigenvalue weighted by Gasteiger charge is -2.27. The molecule has 6 rings (SSSR count). The Balaban J connectivity index is 1.45. The van der Waals surface area contributed by atoms with Crippen LogP contribution in [0.5, 0.6) is 23.1 Å². The first-order valence-corrected chi connectivity index (χ1v) is 11.1. The minimum Gasteiger partial charge on any atom is -0.508 e. The molecule has 2 aromatic heterocycles. The molecule has 0 amide bonds. The molecule has 1 N–H and O–H groups in total. The van der Waals surface area contributed by atoms with Gasteiger partial charge in [-0.2, -0.15) is 0 Å². The van der Waals surface area contributed by atoms with Crippen LogP contribution in [0.4, 0.5) is 0 Å². The molecule has 1 unspecified atom stereocenters.